The van der Waals surface area contributed by atoms with Gasteiger partial charge in [-0.15, -0.1) is 0 Å². The molecule has 0 bridgehead atoms. The van der Waals surface area contributed by atoms with E-state index in [0.717, 1.165) is 11.1 Å². The summed E-state index contributed by atoms with van der Waals surface area (Å²) in [5.41, 5.74) is 1.80. The Kier molecular flexibility index (Phi) is 5.61. The van der Waals surface area contributed by atoms with E-state index in [-0.39, 0.29) is 12.3 Å². The van der Waals surface area contributed by atoms with Gasteiger partial charge in [0.2, 0.25) is 0 Å². The van der Waals surface area contributed by atoms with Gasteiger partial charge in [0.05, 0.1) is 32.3 Å². The molecule has 2 atom stereocenters. The van der Waals surface area contributed by atoms with Crippen molar-refractivity contribution in [2.45, 2.75) is 18.3 Å². The van der Waals surface area contributed by atoms with Gasteiger partial charge in [-0.05, 0) is 23.3 Å². The quantitative estimate of drug-likeness (QED) is 0.808. The minimum atomic E-state index is -0.394. The minimum Gasteiger partial charge on any atom is -0.493 e. The highest BCUT2D eigenvalue weighted by atomic mass is 16.5. The van der Waals surface area contributed by atoms with Crippen molar-refractivity contribution >= 4 is 0 Å². The van der Waals surface area contributed by atoms with Crippen molar-refractivity contribution in [2.24, 2.45) is 0 Å². The maximum Gasteiger partial charge on any atom is 0.160 e. The molecule has 0 aliphatic rings. The highest BCUT2D eigenvalue weighted by Gasteiger charge is 2.25. The molecule has 0 amide bonds. The Hall–Kier alpha value is -2.98. The molecule has 116 valence electrons. The summed E-state index contributed by atoms with van der Waals surface area (Å²) < 4.78 is 10.6. The lowest BCUT2D eigenvalue weighted by molar-refractivity contribution is 0.354. The first-order chi connectivity index (χ1) is 11.2. The highest BCUT2D eigenvalue weighted by molar-refractivity contribution is 5.45. The predicted molar refractivity (Wildman–Crippen MR) is 87.3 cm³/mol. The first-order valence-corrected chi connectivity index (χ1v) is 7.28. The lowest BCUT2D eigenvalue weighted by Crippen LogP contribution is -2.10. The molecular weight excluding hydrogens is 288 g/mol. The molecular formula is C19H18N2O2. The molecule has 0 aliphatic heterocycles. The Bertz CT molecular complexity index is 729. The van der Waals surface area contributed by atoms with E-state index in [1.54, 1.807) is 20.3 Å². The molecule has 23 heavy (non-hydrogen) atoms. The van der Waals surface area contributed by atoms with Gasteiger partial charge >= 0.3 is 0 Å². The Balaban J connectivity index is 2.46. The average Bonchev–Trinajstić information content (AvgIpc) is 2.62. The summed E-state index contributed by atoms with van der Waals surface area (Å²) in [5.74, 6) is 0.596. The molecule has 0 unspecified atom stereocenters. The number of nitriles is 2. The Morgan fingerprint density at radius 1 is 0.913 bits per heavy atom. The van der Waals surface area contributed by atoms with Gasteiger partial charge in [-0.3, -0.25) is 0 Å². The van der Waals surface area contributed by atoms with Crippen LogP contribution in [0.25, 0.3) is 0 Å². The largest absolute Gasteiger partial charge is 0.493 e. The molecule has 0 heterocycles. The minimum absolute atomic E-state index is 0.229. The summed E-state index contributed by atoms with van der Waals surface area (Å²) in [4.78, 5) is 0. The van der Waals surface area contributed by atoms with Crippen LogP contribution < -0.4 is 9.47 Å². The molecule has 0 aromatic heterocycles. The van der Waals surface area contributed by atoms with Crippen LogP contribution in [0.15, 0.2) is 48.5 Å². The van der Waals surface area contributed by atoms with Crippen LogP contribution in [0, 0.1) is 22.7 Å². The molecule has 0 spiro atoms. The number of nitrogens with zero attached hydrogens (tertiary/aromatic N) is 2. The van der Waals surface area contributed by atoms with E-state index in [1.807, 2.05) is 42.5 Å². The number of hydrogen-bond acceptors (Lipinski definition) is 4. The number of methoxy groups -OCH3 is 2. The summed E-state index contributed by atoms with van der Waals surface area (Å²) in [6, 6.07) is 19.6. The van der Waals surface area contributed by atoms with Gasteiger partial charge < -0.3 is 9.47 Å². The zero-order valence-electron chi connectivity index (χ0n) is 13.2. The standard InChI is InChI=1S/C19H18N2O2/c1-22-18-9-8-15(12-19(18)23-2)16(10-11-20)17(13-21)14-6-4-3-5-7-14/h3-9,12,16-17H,10H2,1-2H3/t16-,17-/m0/s1. The fraction of sp³-hybridized carbons (Fsp3) is 0.263. The van der Waals surface area contributed by atoms with Gasteiger partial charge in [0.1, 0.15) is 0 Å². The van der Waals surface area contributed by atoms with Crippen molar-refractivity contribution in [3.05, 3.63) is 59.7 Å². The van der Waals surface area contributed by atoms with E-state index in [2.05, 4.69) is 12.1 Å². The summed E-state index contributed by atoms with van der Waals surface area (Å²) in [5, 5.41) is 18.9. The summed E-state index contributed by atoms with van der Waals surface area (Å²) in [7, 11) is 3.15. The Morgan fingerprint density at radius 3 is 2.17 bits per heavy atom. The second-order valence-electron chi connectivity index (χ2n) is 5.10. The zero-order chi connectivity index (χ0) is 16.7. The molecule has 0 radical (unpaired) electrons. The Morgan fingerprint density at radius 2 is 1.61 bits per heavy atom. The van der Waals surface area contributed by atoms with Gasteiger partial charge in [-0.25, -0.2) is 0 Å². The second-order valence-corrected chi connectivity index (χ2v) is 5.10. The fourth-order valence-corrected chi connectivity index (χ4v) is 2.67. The van der Waals surface area contributed by atoms with Crippen molar-refractivity contribution in [3.8, 4) is 23.6 Å². The molecule has 4 nitrogen and oxygen atoms in total. The van der Waals surface area contributed by atoms with E-state index in [9.17, 15) is 10.5 Å². The van der Waals surface area contributed by atoms with Crippen molar-refractivity contribution < 1.29 is 9.47 Å². The fourth-order valence-electron chi connectivity index (χ4n) is 2.67. The van der Waals surface area contributed by atoms with Crippen molar-refractivity contribution in [1.29, 1.82) is 10.5 Å². The van der Waals surface area contributed by atoms with E-state index < -0.39 is 5.92 Å². The maximum atomic E-state index is 9.65. The van der Waals surface area contributed by atoms with Crippen LogP contribution in [0.2, 0.25) is 0 Å². The van der Waals surface area contributed by atoms with Gasteiger partial charge in [-0.1, -0.05) is 36.4 Å². The topological polar surface area (TPSA) is 66.0 Å². The van der Waals surface area contributed by atoms with Crippen LogP contribution in [-0.2, 0) is 0 Å². The molecule has 0 N–H and O–H groups in total. The van der Waals surface area contributed by atoms with Crippen LogP contribution in [0.5, 0.6) is 11.5 Å². The smallest absolute Gasteiger partial charge is 0.160 e. The van der Waals surface area contributed by atoms with Gasteiger partial charge in [0, 0.05) is 12.3 Å². The van der Waals surface area contributed by atoms with E-state index in [4.69, 9.17) is 9.47 Å². The molecule has 4 heteroatoms. The van der Waals surface area contributed by atoms with Crippen LogP contribution >= 0.6 is 0 Å². The Labute approximate surface area is 136 Å². The van der Waals surface area contributed by atoms with Crippen LogP contribution in [-0.4, -0.2) is 14.2 Å². The van der Waals surface area contributed by atoms with Crippen molar-refractivity contribution in [1.82, 2.24) is 0 Å². The lowest BCUT2D eigenvalue weighted by Gasteiger charge is -2.21. The third kappa shape index (κ3) is 3.62. The summed E-state index contributed by atoms with van der Waals surface area (Å²) in [6.07, 6.45) is 0.253. The van der Waals surface area contributed by atoms with Crippen LogP contribution in [0.1, 0.15) is 29.4 Å². The molecule has 0 fully saturated rings. The van der Waals surface area contributed by atoms with Gasteiger partial charge in [-0.2, -0.15) is 10.5 Å². The van der Waals surface area contributed by atoms with Crippen LogP contribution in [0.4, 0.5) is 0 Å². The van der Waals surface area contributed by atoms with E-state index in [0.29, 0.717) is 11.5 Å². The third-order valence-corrected chi connectivity index (χ3v) is 3.85. The summed E-state index contributed by atoms with van der Waals surface area (Å²) >= 11 is 0. The first kappa shape index (κ1) is 16.4. The zero-order valence-corrected chi connectivity index (χ0v) is 13.2. The maximum absolute atomic E-state index is 9.65. The van der Waals surface area contributed by atoms with Crippen LogP contribution in [0.3, 0.4) is 0 Å². The normalized spacial score (nSPS) is 12.5. The molecule has 2 aromatic carbocycles. The highest BCUT2D eigenvalue weighted by Crippen LogP contribution is 2.38. The molecule has 0 saturated heterocycles. The monoisotopic (exact) mass is 306 g/mol. The average molecular weight is 306 g/mol. The van der Waals surface area contributed by atoms with Gasteiger partial charge in [0.25, 0.3) is 0 Å². The molecule has 0 saturated carbocycles. The third-order valence-electron chi connectivity index (χ3n) is 3.85. The predicted octanol–water partition coefficient (Wildman–Crippen LogP) is 4.01. The number of benzene rings is 2. The first-order valence-electron chi connectivity index (χ1n) is 7.28. The van der Waals surface area contributed by atoms with Gasteiger partial charge in [0.15, 0.2) is 11.5 Å². The summed E-state index contributed by atoms with van der Waals surface area (Å²) in [6.45, 7) is 0. The lowest BCUT2D eigenvalue weighted by atomic mass is 9.80. The number of ether oxygens (including phenoxy) is 2. The number of hydrogen-bond donors (Lipinski definition) is 0. The SMILES string of the molecule is COc1ccc([C@H](CC#N)[C@@H](C#N)c2ccccc2)cc1OC. The second kappa shape index (κ2) is 7.87. The molecule has 2 rings (SSSR count). The van der Waals surface area contributed by atoms with E-state index in [1.165, 1.54) is 0 Å². The van der Waals surface area contributed by atoms with Crippen molar-refractivity contribution in [3.63, 3.8) is 0 Å². The molecule has 2 aromatic rings. The number of rotatable bonds is 6. The van der Waals surface area contributed by atoms with E-state index >= 15 is 0 Å². The molecule has 0 aliphatic carbocycles. The van der Waals surface area contributed by atoms with Crippen molar-refractivity contribution in [2.75, 3.05) is 14.2 Å².